The second kappa shape index (κ2) is 8.44. The van der Waals surface area contributed by atoms with Crippen LogP contribution in [0.3, 0.4) is 0 Å². The molecular weight excluding hydrogens is 332 g/mol. The summed E-state index contributed by atoms with van der Waals surface area (Å²) in [5, 5.41) is 3.99. The van der Waals surface area contributed by atoms with Gasteiger partial charge < -0.3 is 14.0 Å². The summed E-state index contributed by atoms with van der Waals surface area (Å²) in [7, 11) is 5.29. The molecule has 136 valence electrons. The van der Waals surface area contributed by atoms with Crippen molar-refractivity contribution in [3.63, 3.8) is 0 Å². The van der Waals surface area contributed by atoms with Gasteiger partial charge in [-0.15, -0.1) is 0 Å². The Morgan fingerprint density at radius 2 is 1.92 bits per heavy atom. The van der Waals surface area contributed by atoms with Gasteiger partial charge in [-0.3, -0.25) is 9.88 Å². The number of benzene rings is 1. The second-order valence-corrected chi connectivity index (χ2v) is 5.90. The second-order valence-electron chi connectivity index (χ2n) is 5.90. The van der Waals surface area contributed by atoms with Crippen LogP contribution in [0, 0.1) is 0 Å². The quantitative estimate of drug-likeness (QED) is 0.616. The van der Waals surface area contributed by atoms with Crippen molar-refractivity contribution < 1.29 is 14.0 Å². The molecule has 0 aliphatic heterocycles. The minimum atomic E-state index is 0.508. The standard InChI is InChI=1S/C19H22N4O3/c1-23(11-9-14-7-8-16(24-2)17(12-14)25-3)13-18-21-19(22-26-18)15-6-4-5-10-20-15/h4-8,10,12H,9,11,13H2,1-3H3. The number of nitrogens with zero attached hydrogens (tertiary/aromatic N) is 4. The van der Waals surface area contributed by atoms with Gasteiger partial charge in [0.1, 0.15) is 5.69 Å². The van der Waals surface area contributed by atoms with Crippen LogP contribution in [0.2, 0.25) is 0 Å². The van der Waals surface area contributed by atoms with Gasteiger partial charge in [-0.25, -0.2) is 0 Å². The Hall–Kier alpha value is -2.93. The Morgan fingerprint density at radius 3 is 2.65 bits per heavy atom. The van der Waals surface area contributed by atoms with Crippen LogP contribution in [0.4, 0.5) is 0 Å². The Morgan fingerprint density at radius 1 is 1.08 bits per heavy atom. The average molecular weight is 354 g/mol. The highest BCUT2D eigenvalue weighted by Crippen LogP contribution is 2.27. The molecule has 0 spiro atoms. The molecule has 3 aromatic rings. The zero-order chi connectivity index (χ0) is 18.4. The number of rotatable bonds is 8. The van der Waals surface area contributed by atoms with E-state index in [-0.39, 0.29) is 0 Å². The molecule has 0 aliphatic rings. The van der Waals surface area contributed by atoms with E-state index < -0.39 is 0 Å². The number of hydrogen-bond donors (Lipinski definition) is 0. The molecule has 0 saturated heterocycles. The van der Waals surface area contributed by atoms with Gasteiger partial charge in [0.25, 0.3) is 0 Å². The number of ether oxygens (including phenoxy) is 2. The predicted molar refractivity (Wildman–Crippen MR) is 97.1 cm³/mol. The molecule has 0 fully saturated rings. The van der Waals surface area contributed by atoms with Crippen LogP contribution >= 0.6 is 0 Å². The smallest absolute Gasteiger partial charge is 0.241 e. The van der Waals surface area contributed by atoms with Crippen LogP contribution in [-0.2, 0) is 13.0 Å². The molecule has 26 heavy (non-hydrogen) atoms. The largest absolute Gasteiger partial charge is 0.493 e. The maximum absolute atomic E-state index is 5.35. The Balaban J connectivity index is 1.56. The van der Waals surface area contributed by atoms with E-state index in [9.17, 15) is 0 Å². The molecule has 0 N–H and O–H groups in total. The van der Waals surface area contributed by atoms with Crippen LogP contribution < -0.4 is 9.47 Å². The van der Waals surface area contributed by atoms with Gasteiger partial charge in [0.05, 0.1) is 20.8 Å². The topological polar surface area (TPSA) is 73.5 Å². The zero-order valence-corrected chi connectivity index (χ0v) is 15.2. The van der Waals surface area contributed by atoms with Crippen LogP contribution in [0.25, 0.3) is 11.5 Å². The van der Waals surface area contributed by atoms with E-state index in [1.54, 1.807) is 20.4 Å². The highest BCUT2D eigenvalue weighted by molar-refractivity contribution is 5.47. The molecule has 0 saturated carbocycles. The molecule has 7 nitrogen and oxygen atoms in total. The van der Waals surface area contributed by atoms with Crippen molar-refractivity contribution in [1.82, 2.24) is 20.0 Å². The van der Waals surface area contributed by atoms with Crippen LogP contribution in [0.5, 0.6) is 11.5 Å². The SMILES string of the molecule is COc1ccc(CCN(C)Cc2nc(-c3ccccn3)no2)cc1OC. The molecule has 0 bridgehead atoms. The summed E-state index contributed by atoms with van der Waals surface area (Å²) < 4.78 is 15.9. The minimum Gasteiger partial charge on any atom is -0.493 e. The molecule has 0 unspecified atom stereocenters. The molecular formula is C19H22N4O3. The van der Waals surface area contributed by atoms with E-state index in [0.29, 0.717) is 24.0 Å². The number of methoxy groups -OCH3 is 2. The molecule has 0 aliphatic carbocycles. The lowest BCUT2D eigenvalue weighted by atomic mass is 10.1. The van der Waals surface area contributed by atoms with Crippen molar-refractivity contribution >= 4 is 0 Å². The predicted octanol–water partition coefficient (Wildman–Crippen LogP) is 2.82. The molecule has 1 aromatic carbocycles. The zero-order valence-electron chi connectivity index (χ0n) is 15.2. The summed E-state index contributed by atoms with van der Waals surface area (Å²) in [6.45, 7) is 1.42. The Bertz CT molecular complexity index is 836. The number of aromatic nitrogens is 3. The average Bonchev–Trinajstić information content (AvgIpc) is 3.15. The lowest BCUT2D eigenvalue weighted by Crippen LogP contribution is -2.21. The number of pyridine rings is 1. The van der Waals surface area contributed by atoms with Gasteiger partial charge in [0.15, 0.2) is 11.5 Å². The monoisotopic (exact) mass is 354 g/mol. The minimum absolute atomic E-state index is 0.508. The summed E-state index contributed by atoms with van der Waals surface area (Å²) in [4.78, 5) is 10.8. The fraction of sp³-hybridized carbons (Fsp3) is 0.316. The van der Waals surface area contributed by atoms with Gasteiger partial charge in [0, 0.05) is 12.7 Å². The first-order valence-corrected chi connectivity index (χ1v) is 8.33. The summed E-state index contributed by atoms with van der Waals surface area (Å²) in [5.74, 6) is 2.55. The number of hydrogen-bond acceptors (Lipinski definition) is 7. The first-order chi connectivity index (χ1) is 12.7. The van der Waals surface area contributed by atoms with Crippen molar-refractivity contribution in [2.75, 3.05) is 27.8 Å². The third-order valence-corrected chi connectivity index (χ3v) is 4.00. The molecule has 3 rings (SSSR count). The van der Waals surface area contributed by atoms with Crippen LogP contribution in [0.15, 0.2) is 47.1 Å². The van der Waals surface area contributed by atoms with E-state index in [2.05, 4.69) is 20.0 Å². The highest BCUT2D eigenvalue weighted by Gasteiger charge is 2.12. The maximum atomic E-state index is 5.35. The lowest BCUT2D eigenvalue weighted by molar-refractivity contribution is 0.269. The van der Waals surface area contributed by atoms with Crippen molar-refractivity contribution in [1.29, 1.82) is 0 Å². The summed E-state index contributed by atoms with van der Waals surface area (Å²) in [5.41, 5.74) is 1.88. The van der Waals surface area contributed by atoms with Gasteiger partial charge in [-0.05, 0) is 43.3 Å². The Labute approximate surface area is 152 Å². The van der Waals surface area contributed by atoms with E-state index >= 15 is 0 Å². The Kier molecular flexibility index (Phi) is 5.80. The fourth-order valence-corrected chi connectivity index (χ4v) is 2.58. The first-order valence-electron chi connectivity index (χ1n) is 8.33. The van der Waals surface area contributed by atoms with Gasteiger partial charge in [0.2, 0.25) is 11.7 Å². The van der Waals surface area contributed by atoms with Crippen molar-refractivity contribution in [2.45, 2.75) is 13.0 Å². The summed E-state index contributed by atoms with van der Waals surface area (Å²) in [6, 6.07) is 11.6. The van der Waals surface area contributed by atoms with E-state index in [1.807, 2.05) is 43.4 Å². The summed E-state index contributed by atoms with van der Waals surface area (Å²) in [6.07, 6.45) is 2.58. The maximum Gasteiger partial charge on any atom is 0.241 e. The van der Waals surface area contributed by atoms with Crippen LogP contribution in [0.1, 0.15) is 11.5 Å². The number of likely N-dealkylation sites (N-methyl/N-ethyl adjacent to an activating group) is 1. The third kappa shape index (κ3) is 4.37. The van der Waals surface area contributed by atoms with Gasteiger partial charge in [-0.1, -0.05) is 17.3 Å². The van der Waals surface area contributed by atoms with Gasteiger partial charge >= 0.3 is 0 Å². The van der Waals surface area contributed by atoms with Crippen molar-refractivity contribution in [3.05, 3.63) is 54.0 Å². The van der Waals surface area contributed by atoms with Crippen molar-refractivity contribution in [2.24, 2.45) is 0 Å². The molecule has 2 aromatic heterocycles. The molecule has 0 radical (unpaired) electrons. The summed E-state index contributed by atoms with van der Waals surface area (Å²) >= 11 is 0. The van der Waals surface area contributed by atoms with E-state index in [1.165, 1.54) is 5.56 Å². The van der Waals surface area contributed by atoms with Crippen LogP contribution in [-0.4, -0.2) is 47.8 Å². The fourth-order valence-electron chi connectivity index (χ4n) is 2.58. The molecule has 0 atom stereocenters. The first kappa shape index (κ1) is 17.9. The van der Waals surface area contributed by atoms with Crippen molar-refractivity contribution in [3.8, 4) is 23.0 Å². The lowest BCUT2D eigenvalue weighted by Gasteiger charge is -2.15. The molecule has 2 heterocycles. The normalized spacial score (nSPS) is 10.9. The van der Waals surface area contributed by atoms with E-state index in [0.717, 1.165) is 24.5 Å². The molecule has 0 amide bonds. The van der Waals surface area contributed by atoms with Gasteiger partial charge in [-0.2, -0.15) is 4.98 Å². The third-order valence-electron chi connectivity index (χ3n) is 4.00. The molecule has 7 heteroatoms. The highest BCUT2D eigenvalue weighted by atomic mass is 16.5. The van der Waals surface area contributed by atoms with E-state index in [4.69, 9.17) is 14.0 Å².